The van der Waals surface area contributed by atoms with Crippen LogP contribution < -0.4 is 10.6 Å². The van der Waals surface area contributed by atoms with E-state index < -0.39 is 5.97 Å². The van der Waals surface area contributed by atoms with Gasteiger partial charge in [0.2, 0.25) is 5.95 Å². The molecule has 0 atom stereocenters. The molecule has 3 rings (SSSR count). The topological polar surface area (TPSA) is 89.3 Å². The minimum absolute atomic E-state index is 0.414. The molecule has 2 heterocycles. The zero-order valence-corrected chi connectivity index (χ0v) is 13.0. The highest BCUT2D eigenvalue weighted by Gasteiger charge is 2.11. The maximum Gasteiger partial charge on any atom is 0.339 e. The molecule has 1 aromatic carbocycles. The van der Waals surface area contributed by atoms with Crippen molar-refractivity contribution in [1.82, 2.24) is 9.97 Å². The van der Waals surface area contributed by atoms with Crippen LogP contribution in [-0.4, -0.2) is 23.0 Å². The molecule has 0 fully saturated rings. The third-order valence-corrected chi connectivity index (χ3v) is 3.25. The zero-order chi connectivity index (χ0) is 16.8. The molecule has 2 N–H and O–H groups in total. The first-order chi connectivity index (χ1) is 11.8. The lowest BCUT2D eigenvalue weighted by Crippen LogP contribution is -2.07. The van der Waals surface area contributed by atoms with E-state index in [2.05, 4.69) is 20.6 Å². The van der Waals surface area contributed by atoms with Gasteiger partial charge < -0.3 is 19.8 Å². The second-order valence-electron chi connectivity index (χ2n) is 4.86. The number of anilines is 3. The number of hydrogen-bond acceptors (Lipinski definition) is 7. The summed E-state index contributed by atoms with van der Waals surface area (Å²) < 4.78 is 10.0. The zero-order valence-electron chi connectivity index (χ0n) is 13.0. The molecule has 0 radical (unpaired) electrons. The predicted octanol–water partition coefficient (Wildman–Crippen LogP) is 3.21. The van der Waals surface area contributed by atoms with Crippen LogP contribution in [0.2, 0.25) is 0 Å². The van der Waals surface area contributed by atoms with E-state index in [1.54, 1.807) is 36.7 Å². The minimum atomic E-state index is -0.414. The number of methoxy groups -OCH3 is 1. The van der Waals surface area contributed by atoms with Crippen LogP contribution in [0.25, 0.3) is 0 Å². The standard InChI is InChI=1S/C17H16N4O3/c1-23-16(22)13-6-2-3-7-14(13)20-15-8-9-18-17(21-15)19-11-12-5-4-10-24-12/h2-10H,11H2,1H3,(H2,18,19,20,21). The van der Waals surface area contributed by atoms with E-state index in [1.807, 2.05) is 18.2 Å². The molecule has 0 aliphatic rings. The summed E-state index contributed by atoms with van der Waals surface area (Å²) in [6.07, 6.45) is 3.24. The van der Waals surface area contributed by atoms with E-state index in [-0.39, 0.29) is 0 Å². The SMILES string of the molecule is COC(=O)c1ccccc1Nc1ccnc(NCc2ccco2)n1. The number of benzene rings is 1. The van der Waals surface area contributed by atoms with Gasteiger partial charge in [0, 0.05) is 6.20 Å². The molecule has 24 heavy (non-hydrogen) atoms. The van der Waals surface area contributed by atoms with E-state index in [9.17, 15) is 4.79 Å². The van der Waals surface area contributed by atoms with Gasteiger partial charge in [0.15, 0.2) is 0 Å². The summed E-state index contributed by atoms with van der Waals surface area (Å²) in [6.45, 7) is 0.481. The lowest BCUT2D eigenvalue weighted by Gasteiger charge is -2.11. The lowest BCUT2D eigenvalue weighted by molar-refractivity contribution is 0.0602. The van der Waals surface area contributed by atoms with Gasteiger partial charge in [-0.1, -0.05) is 12.1 Å². The summed E-state index contributed by atoms with van der Waals surface area (Å²) in [6, 6.07) is 12.5. The molecule has 7 heteroatoms. The molecule has 7 nitrogen and oxygen atoms in total. The average Bonchev–Trinajstić information content (AvgIpc) is 3.14. The fourth-order valence-electron chi connectivity index (χ4n) is 2.11. The first-order valence-corrected chi connectivity index (χ1v) is 7.30. The van der Waals surface area contributed by atoms with Gasteiger partial charge in [0.05, 0.1) is 31.2 Å². The molecular formula is C17H16N4O3. The summed E-state index contributed by atoms with van der Waals surface area (Å²) in [5.74, 6) is 1.38. The van der Waals surface area contributed by atoms with Crippen molar-refractivity contribution >= 4 is 23.4 Å². The molecule has 0 unspecified atom stereocenters. The van der Waals surface area contributed by atoms with E-state index in [4.69, 9.17) is 9.15 Å². The lowest BCUT2D eigenvalue weighted by atomic mass is 10.2. The third kappa shape index (κ3) is 3.70. The van der Waals surface area contributed by atoms with Gasteiger partial charge in [0.1, 0.15) is 11.6 Å². The van der Waals surface area contributed by atoms with Crippen molar-refractivity contribution in [3.05, 3.63) is 66.2 Å². The normalized spacial score (nSPS) is 10.2. The molecule has 0 saturated carbocycles. The molecule has 122 valence electrons. The van der Waals surface area contributed by atoms with Gasteiger partial charge in [-0.2, -0.15) is 4.98 Å². The molecule has 0 bridgehead atoms. The maximum atomic E-state index is 11.8. The number of furan rings is 1. The van der Waals surface area contributed by atoms with Gasteiger partial charge in [-0.15, -0.1) is 0 Å². The number of nitrogens with zero attached hydrogens (tertiary/aromatic N) is 2. The Balaban J connectivity index is 1.74. The smallest absolute Gasteiger partial charge is 0.339 e. The summed E-state index contributed by atoms with van der Waals surface area (Å²) in [4.78, 5) is 20.3. The Kier molecular flexibility index (Phi) is 4.71. The Hall–Kier alpha value is -3.35. The molecule has 0 aliphatic carbocycles. The largest absolute Gasteiger partial charge is 0.467 e. The minimum Gasteiger partial charge on any atom is -0.467 e. The van der Waals surface area contributed by atoms with Gasteiger partial charge in [-0.3, -0.25) is 0 Å². The molecular weight excluding hydrogens is 308 g/mol. The number of carbonyl (C=O) groups is 1. The fourth-order valence-corrected chi connectivity index (χ4v) is 2.11. The van der Waals surface area contributed by atoms with E-state index >= 15 is 0 Å². The molecule has 0 amide bonds. The second kappa shape index (κ2) is 7.28. The Morgan fingerprint density at radius 1 is 1.21 bits per heavy atom. The Morgan fingerprint density at radius 3 is 2.88 bits per heavy atom. The highest BCUT2D eigenvalue weighted by Crippen LogP contribution is 2.20. The Bertz CT molecular complexity index is 818. The van der Waals surface area contributed by atoms with Crippen molar-refractivity contribution in [3.8, 4) is 0 Å². The number of rotatable bonds is 6. The quantitative estimate of drug-likeness (QED) is 0.673. The van der Waals surface area contributed by atoms with Crippen molar-refractivity contribution in [3.63, 3.8) is 0 Å². The first kappa shape index (κ1) is 15.5. The van der Waals surface area contributed by atoms with Crippen molar-refractivity contribution in [2.45, 2.75) is 6.54 Å². The van der Waals surface area contributed by atoms with Crippen LogP contribution in [0.4, 0.5) is 17.5 Å². The van der Waals surface area contributed by atoms with Crippen molar-refractivity contribution in [2.24, 2.45) is 0 Å². The molecule has 3 aromatic rings. The number of ether oxygens (including phenoxy) is 1. The van der Waals surface area contributed by atoms with Crippen LogP contribution >= 0.6 is 0 Å². The monoisotopic (exact) mass is 324 g/mol. The fraction of sp³-hybridized carbons (Fsp3) is 0.118. The van der Waals surface area contributed by atoms with Crippen LogP contribution in [-0.2, 0) is 11.3 Å². The Labute approximate surface area is 138 Å². The summed E-state index contributed by atoms with van der Waals surface area (Å²) in [7, 11) is 1.35. The Morgan fingerprint density at radius 2 is 2.08 bits per heavy atom. The molecule has 0 aliphatic heterocycles. The molecule has 0 saturated heterocycles. The van der Waals surface area contributed by atoms with Crippen LogP contribution in [0, 0.1) is 0 Å². The first-order valence-electron chi connectivity index (χ1n) is 7.30. The number of nitrogens with one attached hydrogen (secondary N) is 2. The van der Waals surface area contributed by atoms with E-state index in [1.165, 1.54) is 7.11 Å². The molecule has 0 spiro atoms. The number of para-hydroxylation sites is 1. The van der Waals surface area contributed by atoms with Crippen LogP contribution in [0.1, 0.15) is 16.1 Å². The van der Waals surface area contributed by atoms with Gasteiger partial charge >= 0.3 is 5.97 Å². The number of hydrogen-bond donors (Lipinski definition) is 2. The maximum absolute atomic E-state index is 11.8. The predicted molar refractivity (Wildman–Crippen MR) is 89.1 cm³/mol. The van der Waals surface area contributed by atoms with Gasteiger partial charge in [-0.05, 0) is 30.3 Å². The number of carbonyl (C=O) groups excluding carboxylic acids is 1. The highest BCUT2D eigenvalue weighted by atomic mass is 16.5. The summed E-state index contributed by atoms with van der Waals surface area (Å²) in [5, 5.41) is 6.18. The van der Waals surface area contributed by atoms with Gasteiger partial charge in [-0.25, -0.2) is 9.78 Å². The van der Waals surface area contributed by atoms with Crippen LogP contribution in [0.3, 0.4) is 0 Å². The van der Waals surface area contributed by atoms with Crippen molar-refractivity contribution in [1.29, 1.82) is 0 Å². The third-order valence-electron chi connectivity index (χ3n) is 3.25. The number of esters is 1. The second-order valence-corrected chi connectivity index (χ2v) is 4.86. The summed E-state index contributed by atoms with van der Waals surface area (Å²) >= 11 is 0. The van der Waals surface area contributed by atoms with E-state index in [0.29, 0.717) is 29.6 Å². The highest BCUT2D eigenvalue weighted by molar-refractivity contribution is 5.96. The number of aromatic nitrogens is 2. The van der Waals surface area contributed by atoms with Crippen molar-refractivity contribution in [2.75, 3.05) is 17.7 Å². The molecule has 2 aromatic heterocycles. The average molecular weight is 324 g/mol. The van der Waals surface area contributed by atoms with Crippen molar-refractivity contribution < 1.29 is 13.9 Å². The summed E-state index contributed by atoms with van der Waals surface area (Å²) in [5.41, 5.74) is 1.05. The van der Waals surface area contributed by atoms with Crippen LogP contribution in [0.5, 0.6) is 0 Å². The van der Waals surface area contributed by atoms with E-state index in [0.717, 1.165) is 5.76 Å². The van der Waals surface area contributed by atoms with Crippen LogP contribution in [0.15, 0.2) is 59.3 Å². The van der Waals surface area contributed by atoms with Gasteiger partial charge in [0.25, 0.3) is 0 Å².